The Bertz CT molecular complexity index is 202. The smallest absolute Gasteiger partial charge is 0.322 e. The van der Waals surface area contributed by atoms with Crippen LogP contribution in [-0.4, -0.2) is 47.7 Å². The van der Waals surface area contributed by atoms with Crippen molar-refractivity contribution in [2.45, 2.75) is 31.3 Å². The molecule has 0 aromatic carbocycles. The van der Waals surface area contributed by atoms with Crippen LogP contribution in [0, 0.1) is 0 Å². The minimum atomic E-state index is -0.700. The van der Waals surface area contributed by atoms with Gasteiger partial charge < -0.3 is 10.4 Å². The Labute approximate surface area is 77.9 Å². The van der Waals surface area contributed by atoms with Gasteiger partial charge >= 0.3 is 5.97 Å². The second-order valence-electron chi connectivity index (χ2n) is 3.87. The van der Waals surface area contributed by atoms with Gasteiger partial charge in [-0.3, -0.25) is 9.69 Å². The molecule has 0 bridgehead atoms. The summed E-state index contributed by atoms with van der Waals surface area (Å²) in [6.45, 7) is 3.00. The first-order chi connectivity index (χ1) is 6.29. The molecule has 0 aromatic rings. The molecule has 2 aliphatic heterocycles. The monoisotopic (exact) mass is 184 g/mol. The molecule has 13 heavy (non-hydrogen) atoms. The largest absolute Gasteiger partial charge is 0.480 e. The highest BCUT2D eigenvalue weighted by Crippen LogP contribution is 2.20. The fraction of sp³-hybridized carbons (Fsp3) is 0.889. The fourth-order valence-electron chi connectivity index (χ4n) is 2.41. The van der Waals surface area contributed by atoms with Gasteiger partial charge in [0.05, 0.1) is 0 Å². The number of carboxylic acid groups (broad SMARTS) is 1. The number of hydrogen-bond acceptors (Lipinski definition) is 3. The number of aliphatic carboxylic acids is 1. The summed E-state index contributed by atoms with van der Waals surface area (Å²) in [6.07, 6.45) is 3.43. The quantitative estimate of drug-likeness (QED) is 0.629. The van der Waals surface area contributed by atoms with Gasteiger partial charge in [0, 0.05) is 6.04 Å². The Morgan fingerprint density at radius 1 is 1.38 bits per heavy atom. The van der Waals surface area contributed by atoms with Crippen molar-refractivity contribution in [3.63, 3.8) is 0 Å². The van der Waals surface area contributed by atoms with Crippen molar-refractivity contribution >= 4 is 5.97 Å². The van der Waals surface area contributed by atoms with E-state index in [-0.39, 0.29) is 12.1 Å². The Balaban J connectivity index is 2.00. The number of carbonyl (C=O) groups is 1. The van der Waals surface area contributed by atoms with E-state index < -0.39 is 5.97 Å². The molecule has 0 aliphatic carbocycles. The third kappa shape index (κ3) is 1.69. The van der Waals surface area contributed by atoms with Crippen LogP contribution in [0.15, 0.2) is 0 Å². The molecular weight excluding hydrogens is 168 g/mol. The predicted molar refractivity (Wildman–Crippen MR) is 48.6 cm³/mol. The zero-order valence-electron chi connectivity index (χ0n) is 7.70. The molecule has 0 aromatic heterocycles. The number of hydrogen-bond donors (Lipinski definition) is 2. The van der Waals surface area contributed by atoms with Crippen LogP contribution in [0.4, 0.5) is 0 Å². The van der Waals surface area contributed by atoms with Crippen molar-refractivity contribution < 1.29 is 9.90 Å². The van der Waals surface area contributed by atoms with Crippen LogP contribution in [0.5, 0.6) is 0 Å². The summed E-state index contributed by atoms with van der Waals surface area (Å²) in [5.41, 5.74) is 0. The van der Waals surface area contributed by atoms with Gasteiger partial charge in [0.25, 0.3) is 0 Å². The summed E-state index contributed by atoms with van der Waals surface area (Å²) in [6, 6.07) is -0.0990. The molecule has 4 nitrogen and oxygen atoms in total. The number of rotatable bonds is 2. The van der Waals surface area contributed by atoms with Crippen molar-refractivity contribution in [1.82, 2.24) is 10.2 Å². The maximum Gasteiger partial charge on any atom is 0.322 e. The molecular formula is C9H16N2O2. The predicted octanol–water partition coefficient (Wildman–Crippen LogP) is -0.103. The van der Waals surface area contributed by atoms with Crippen molar-refractivity contribution in [3.8, 4) is 0 Å². The maximum atomic E-state index is 10.9. The minimum absolute atomic E-state index is 0.236. The number of nitrogens with zero attached hydrogens (tertiary/aromatic N) is 1. The molecule has 74 valence electrons. The van der Waals surface area contributed by atoms with E-state index in [1.54, 1.807) is 0 Å². The third-order valence-electron chi connectivity index (χ3n) is 3.06. The van der Waals surface area contributed by atoms with E-state index >= 15 is 0 Å². The van der Waals surface area contributed by atoms with Gasteiger partial charge in [-0.2, -0.15) is 0 Å². The summed E-state index contributed by atoms with van der Waals surface area (Å²) >= 11 is 0. The lowest BCUT2D eigenvalue weighted by Gasteiger charge is -2.26. The minimum Gasteiger partial charge on any atom is -0.480 e. The first kappa shape index (κ1) is 8.97. The van der Waals surface area contributed by atoms with Gasteiger partial charge in [-0.25, -0.2) is 0 Å². The second-order valence-corrected chi connectivity index (χ2v) is 3.87. The molecule has 0 saturated carbocycles. The molecule has 2 heterocycles. The molecule has 4 heteroatoms. The average molecular weight is 184 g/mol. The SMILES string of the molecule is O=C(O)[C@@H]1NCC[C@@H]1N1CCCC1. The lowest BCUT2D eigenvalue weighted by atomic mass is 10.1. The number of carboxylic acids is 1. The molecule has 2 saturated heterocycles. The summed E-state index contributed by atoms with van der Waals surface area (Å²) in [5.74, 6) is -0.700. The van der Waals surface area contributed by atoms with E-state index in [0.29, 0.717) is 0 Å². The normalized spacial score (nSPS) is 35.4. The van der Waals surface area contributed by atoms with Crippen LogP contribution < -0.4 is 5.32 Å². The zero-order valence-corrected chi connectivity index (χ0v) is 7.70. The second kappa shape index (κ2) is 3.64. The standard InChI is InChI=1S/C9H16N2O2/c12-9(13)8-7(3-4-10-8)11-5-1-2-6-11/h7-8,10H,1-6H2,(H,12,13)/t7-,8+/m0/s1. The molecule has 0 amide bonds. The molecule has 2 atom stereocenters. The summed E-state index contributed by atoms with van der Waals surface area (Å²) in [4.78, 5) is 13.2. The molecule has 0 radical (unpaired) electrons. The highest BCUT2D eigenvalue weighted by Gasteiger charge is 2.37. The van der Waals surface area contributed by atoms with Crippen LogP contribution >= 0.6 is 0 Å². The average Bonchev–Trinajstić information content (AvgIpc) is 2.74. The molecule has 0 unspecified atom stereocenters. The van der Waals surface area contributed by atoms with Gasteiger partial charge in [0.1, 0.15) is 6.04 Å². The Morgan fingerprint density at radius 2 is 2.08 bits per heavy atom. The van der Waals surface area contributed by atoms with Crippen LogP contribution in [0.1, 0.15) is 19.3 Å². The molecule has 2 fully saturated rings. The van der Waals surface area contributed by atoms with Crippen LogP contribution in [0.2, 0.25) is 0 Å². The third-order valence-corrected chi connectivity index (χ3v) is 3.06. The summed E-state index contributed by atoms with van der Waals surface area (Å²) < 4.78 is 0. The highest BCUT2D eigenvalue weighted by molar-refractivity contribution is 5.75. The first-order valence-corrected chi connectivity index (χ1v) is 4.99. The van der Waals surface area contributed by atoms with Crippen molar-refractivity contribution in [1.29, 1.82) is 0 Å². The van der Waals surface area contributed by atoms with Gasteiger partial charge in [0.2, 0.25) is 0 Å². The molecule has 2 aliphatic rings. The van der Waals surface area contributed by atoms with E-state index in [4.69, 9.17) is 5.11 Å². The molecule has 0 spiro atoms. The van der Waals surface area contributed by atoms with Gasteiger partial charge in [-0.1, -0.05) is 0 Å². The summed E-state index contributed by atoms with van der Waals surface area (Å²) in [7, 11) is 0. The van der Waals surface area contributed by atoms with Crippen LogP contribution in [0.3, 0.4) is 0 Å². The zero-order chi connectivity index (χ0) is 9.26. The van der Waals surface area contributed by atoms with Gasteiger partial charge in [-0.15, -0.1) is 0 Å². The molecule has 2 N–H and O–H groups in total. The lowest BCUT2D eigenvalue weighted by Crippen LogP contribution is -2.46. The van der Waals surface area contributed by atoms with E-state index in [0.717, 1.165) is 26.1 Å². The lowest BCUT2D eigenvalue weighted by molar-refractivity contribution is -0.140. The number of likely N-dealkylation sites (tertiary alicyclic amines) is 1. The Kier molecular flexibility index (Phi) is 2.51. The van der Waals surface area contributed by atoms with Crippen molar-refractivity contribution in [3.05, 3.63) is 0 Å². The van der Waals surface area contributed by atoms with Crippen molar-refractivity contribution in [2.24, 2.45) is 0 Å². The van der Waals surface area contributed by atoms with Crippen molar-refractivity contribution in [2.75, 3.05) is 19.6 Å². The maximum absolute atomic E-state index is 10.9. The Hall–Kier alpha value is -0.610. The topological polar surface area (TPSA) is 52.6 Å². The van der Waals surface area contributed by atoms with E-state index in [1.165, 1.54) is 12.8 Å². The van der Waals surface area contributed by atoms with Gasteiger partial charge in [-0.05, 0) is 38.9 Å². The van der Waals surface area contributed by atoms with Gasteiger partial charge in [0.15, 0.2) is 0 Å². The van der Waals surface area contributed by atoms with E-state index in [2.05, 4.69) is 10.2 Å². The number of nitrogens with one attached hydrogen (secondary N) is 1. The van der Waals surface area contributed by atoms with Crippen LogP contribution in [-0.2, 0) is 4.79 Å². The highest BCUT2D eigenvalue weighted by atomic mass is 16.4. The van der Waals surface area contributed by atoms with E-state index in [1.807, 2.05) is 0 Å². The summed E-state index contributed by atoms with van der Waals surface area (Å²) in [5, 5.41) is 12.0. The first-order valence-electron chi connectivity index (χ1n) is 4.99. The van der Waals surface area contributed by atoms with E-state index in [9.17, 15) is 4.79 Å². The Morgan fingerprint density at radius 3 is 2.69 bits per heavy atom. The van der Waals surface area contributed by atoms with Crippen LogP contribution in [0.25, 0.3) is 0 Å². The molecule has 2 rings (SSSR count). The fourth-order valence-corrected chi connectivity index (χ4v) is 2.41.